The van der Waals surface area contributed by atoms with Gasteiger partial charge in [-0.05, 0) is 25.0 Å². The second-order valence-electron chi connectivity index (χ2n) is 4.17. The number of hydrogen-bond donors (Lipinski definition) is 0. The van der Waals surface area contributed by atoms with Crippen LogP contribution in [0.1, 0.15) is 11.1 Å². The average Bonchev–Trinajstić information content (AvgIpc) is 2.79. The molecule has 0 saturated heterocycles. The van der Waals surface area contributed by atoms with Gasteiger partial charge in [-0.1, -0.05) is 23.8 Å². The lowest BCUT2D eigenvalue weighted by Crippen LogP contribution is -1.93. The molecule has 0 aliphatic carbocycles. The highest BCUT2D eigenvalue weighted by molar-refractivity contribution is 5.67. The summed E-state index contributed by atoms with van der Waals surface area (Å²) in [5.41, 5.74) is 4.72. The Bertz CT molecular complexity index is 685. The van der Waals surface area contributed by atoms with Gasteiger partial charge in [-0.25, -0.2) is 9.50 Å². The number of aryl methyl sites for hydroxylation is 2. The van der Waals surface area contributed by atoms with Gasteiger partial charge in [0, 0.05) is 18.0 Å². The van der Waals surface area contributed by atoms with E-state index >= 15 is 0 Å². The minimum Gasteiger partial charge on any atom is -0.219 e. The molecule has 1 aromatic carbocycles. The van der Waals surface area contributed by atoms with Crippen molar-refractivity contribution in [1.82, 2.24) is 19.6 Å². The summed E-state index contributed by atoms with van der Waals surface area (Å²) in [6.45, 7) is 4.19. The zero-order valence-electron chi connectivity index (χ0n) is 9.75. The lowest BCUT2D eigenvalue weighted by molar-refractivity contribution is 0.941. The number of nitrogens with zero attached hydrogens (tertiary/aromatic N) is 4. The van der Waals surface area contributed by atoms with Crippen LogP contribution in [0.15, 0.2) is 36.9 Å². The molecule has 0 radical (unpaired) electrons. The van der Waals surface area contributed by atoms with Gasteiger partial charge in [0.1, 0.15) is 6.33 Å². The second-order valence-corrected chi connectivity index (χ2v) is 4.17. The summed E-state index contributed by atoms with van der Waals surface area (Å²) < 4.78 is 1.69. The summed E-state index contributed by atoms with van der Waals surface area (Å²) in [5, 5.41) is 4.10. The van der Waals surface area contributed by atoms with Crippen LogP contribution < -0.4 is 0 Å². The molecule has 17 heavy (non-hydrogen) atoms. The topological polar surface area (TPSA) is 43.1 Å². The Hall–Kier alpha value is -2.23. The number of benzene rings is 1. The number of aromatic nitrogens is 4. The fourth-order valence-electron chi connectivity index (χ4n) is 1.91. The maximum Gasteiger partial charge on any atom is 0.252 e. The van der Waals surface area contributed by atoms with Gasteiger partial charge in [0.15, 0.2) is 0 Å². The van der Waals surface area contributed by atoms with Crippen molar-refractivity contribution >= 4 is 5.78 Å². The smallest absolute Gasteiger partial charge is 0.219 e. The fourth-order valence-corrected chi connectivity index (χ4v) is 1.91. The van der Waals surface area contributed by atoms with Gasteiger partial charge in [0.25, 0.3) is 5.78 Å². The molecule has 0 N–H and O–H groups in total. The van der Waals surface area contributed by atoms with E-state index in [2.05, 4.69) is 47.1 Å². The van der Waals surface area contributed by atoms with E-state index in [-0.39, 0.29) is 0 Å². The molecule has 0 fully saturated rings. The number of rotatable bonds is 1. The minimum atomic E-state index is 0.624. The monoisotopic (exact) mass is 224 g/mol. The van der Waals surface area contributed by atoms with Gasteiger partial charge in [-0.2, -0.15) is 10.1 Å². The Balaban J connectivity index is 2.22. The molecule has 2 heterocycles. The third-order valence-electron chi connectivity index (χ3n) is 2.84. The van der Waals surface area contributed by atoms with E-state index in [1.165, 1.54) is 23.0 Å². The molecule has 0 aliphatic heterocycles. The van der Waals surface area contributed by atoms with E-state index in [0.29, 0.717) is 5.78 Å². The third kappa shape index (κ3) is 1.67. The van der Waals surface area contributed by atoms with E-state index in [9.17, 15) is 0 Å². The van der Waals surface area contributed by atoms with Crippen LogP contribution in [0, 0.1) is 13.8 Å². The SMILES string of the molecule is Cc1ccc(C)c(-c2cnc3ncnn3c2)c1. The molecular weight excluding hydrogens is 212 g/mol. The Kier molecular flexibility index (Phi) is 2.14. The van der Waals surface area contributed by atoms with Crippen molar-refractivity contribution < 1.29 is 0 Å². The van der Waals surface area contributed by atoms with Gasteiger partial charge in [0.05, 0.1) is 0 Å². The molecule has 0 spiro atoms. The highest BCUT2D eigenvalue weighted by Crippen LogP contribution is 2.23. The van der Waals surface area contributed by atoms with Gasteiger partial charge >= 0.3 is 0 Å². The quantitative estimate of drug-likeness (QED) is 0.637. The van der Waals surface area contributed by atoms with Crippen molar-refractivity contribution in [2.75, 3.05) is 0 Å². The molecule has 4 heteroatoms. The molecular formula is C13H12N4. The molecule has 0 saturated carbocycles. The van der Waals surface area contributed by atoms with Crippen LogP contribution >= 0.6 is 0 Å². The maximum atomic E-state index is 4.28. The molecule has 0 bridgehead atoms. The van der Waals surface area contributed by atoms with Crippen LogP contribution in [0.2, 0.25) is 0 Å². The highest BCUT2D eigenvalue weighted by Gasteiger charge is 2.05. The first-order chi connectivity index (χ1) is 8.24. The van der Waals surface area contributed by atoms with Crippen LogP contribution in [0.25, 0.3) is 16.9 Å². The standard InChI is InChI=1S/C13H12N4/c1-9-3-4-10(2)12(5-9)11-6-14-13-15-8-16-17(13)7-11/h3-8H,1-2H3. The molecule has 4 nitrogen and oxygen atoms in total. The van der Waals surface area contributed by atoms with Crippen molar-refractivity contribution in [2.24, 2.45) is 0 Å². The first-order valence-electron chi connectivity index (χ1n) is 5.47. The normalized spacial score (nSPS) is 10.9. The van der Waals surface area contributed by atoms with Crippen molar-refractivity contribution in [3.63, 3.8) is 0 Å². The van der Waals surface area contributed by atoms with Crippen LogP contribution in [-0.2, 0) is 0 Å². The first kappa shape index (κ1) is 9.96. The summed E-state index contributed by atoms with van der Waals surface area (Å²) in [5.74, 6) is 0.624. The lowest BCUT2D eigenvalue weighted by Gasteiger charge is -2.06. The maximum absolute atomic E-state index is 4.28. The van der Waals surface area contributed by atoms with Crippen molar-refractivity contribution in [3.8, 4) is 11.1 Å². The Labute approximate surface area is 99.0 Å². The molecule has 0 unspecified atom stereocenters. The van der Waals surface area contributed by atoms with E-state index in [1.807, 2.05) is 12.4 Å². The van der Waals surface area contributed by atoms with Crippen molar-refractivity contribution in [2.45, 2.75) is 13.8 Å². The lowest BCUT2D eigenvalue weighted by atomic mass is 10.0. The second kappa shape index (κ2) is 3.66. The average molecular weight is 224 g/mol. The van der Waals surface area contributed by atoms with Gasteiger partial charge in [0.2, 0.25) is 0 Å². The van der Waals surface area contributed by atoms with Crippen LogP contribution in [0.4, 0.5) is 0 Å². The van der Waals surface area contributed by atoms with Crippen LogP contribution in [-0.4, -0.2) is 19.6 Å². The highest BCUT2D eigenvalue weighted by atomic mass is 15.3. The summed E-state index contributed by atoms with van der Waals surface area (Å²) >= 11 is 0. The summed E-state index contributed by atoms with van der Waals surface area (Å²) in [6, 6.07) is 6.39. The largest absolute Gasteiger partial charge is 0.252 e. The zero-order chi connectivity index (χ0) is 11.8. The third-order valence-corrected chi connectivity index (χ3v) is 2.84. The van der Waals surface area contributed by atoms with Crippen molar-refractivity contribution in [3.05, 3.63) is 48.0 Å². The Morgan fingerprint density at radius 3 is 2.88 bits per heavy atom. The fraction of sp³-hybridized carbons (Fsp3) is 0.154. The Morgan fingerprint density at radius 2 is 2.00 bits per heavy atom. The minimum absolute atomic E-state index is 0.624. The molecule has 3 aromatic rings. The first-order valence-corrected chi connectivity index (χ1v) is 5.47. The van der Waals surface area contributed by atoms with Crippen LogP contribution in [0.5, 0.6) is 0 Å². The van der Waals surface area contributed by atoms with E-state index in [1.54, 1.807) is 4.52 Å². The zero-order valence-corrected chi connectivity index (χ0v) is 9.75. The molecule has 0 amide bonds. The molecule has 84 valence electrons. The number of hydrogen-bond acceptors (Lipinski definition) is 3. The van der Waals surface area contributed by atoms with Gasteiger partial charge in [-0.15, -0.1) is 0 Å². The van der Waals surface area contributed by atoms with E-state index in [0.717, 1.165) is 5.56 Å². The van der Waals surface area contributed by atoms with Crippen LogP contribution in [0.3, 0.4) is 0 Å². The van der Waals surface area contributed by atoms with E-state index < -0.39 is 0 Å². The van der Waals surface area contributed by atoms with Crippen molar-refractivity contribution in [1.29, 1.82) is 0 Å². The number of fused-ring (bicyclic) bond motifs is 1. The van der Waals surface area contributed by atoms with E-state index in [4.69, 9.17) is 0 Å². The molecule has 3 rings (SSSR count). The summed E-state index contributed by atoms with van der Waals surface area (Å²) in [6.07, 6.45) is 5.30. The molecule has 0 aliphatic rings. The summed E-state index contributed by atoms with van der Waals surface area (Å²) in [4.78, 5) is 8.31. The van der Waals surface area contributed by atoms with Gasteiger partial charge in [-0.3, -0.25) is 0 Å². The molecule has 0 atom stereocenters. The summed E-state index contributed by atoms with van der Waals surface area (Å²) in [7, 11) is 0. The predicted molar refractivity (Wildman–Crippen MR) is 65.7 cm³/mol. The Morgan fingerprint density at radius 1 is 1.12 bits per heavy atom. The molecule has 2 aromatic heterocycles. The van der Waals surface area contributed by atoms with Gasteiger partial charge < -0.3 is 0 Å². The predicted octanol–water partition coefficient (Wildman–Crippen LogP) is 2.41.